The number of nitrogens with one attached hydrogen (secondary N) is 2. The molecule has 6 heteroatoms. The summed E-state index contributed by atoms with van der Waals surface area (Å²) in [6.07, 6.45) is 8.26. The van der Waals surface area contributed by atoms with Crippen LogP contribution in [0.3, 0.4) is 0 Å². The lowest BCUT2D eigenvalue weighted by atomic mass is 9.96. The molecule has 1 heterocycles. The average Bonchev–Trinajstić information content (AvgIpc) is 2.93. The molecule has 2 rings (SSSR count). The molecule has 112 valence electrons. The van der Waals surface area contributed by atoms with Gasteiger partial charge in [-0.05, 0) is 26.7 Å². The number of hydrogen-bond donors (Lipinski definition) is 2. The zero-order chi connectivity index (χ0) is 14.2. The van der Waals surface area contributed by atoms with E-state index in [4.69, 9.17) is 0 Å². The van der Waals surface area contributed by atoms with Crippen LogP contribution in [0.1, 0.15) is 51.8 Å². The van der Waals surface area contributed by atoms with Gasteiger partial charge in [-0.25, -0.2) is 4.99 Å². The first-order chi connectivity index (χ1) is 9.83. The lowest BCUT2D eigenvalue weighted by molar-refractivity contribution is 0.410. The molecule has 0 amide bonds. The fraction of sp³-hybridized carbons (Fsp3) is 0.786. The Morgan fingerprint density at radius 2 is 2.15 bits per heavy atom. The summed E-state index contributed by atoms with van der Waals surface area (Å²) in [6, 6.07) is 0.561. The highest BCUT2D eigenvalue weighted by atomic mass is 15.3. The first kappa shape index (κ1) is 14.8. The van der Waals surface area contributed by atoms with Crippen molar-refractivity contribution in [2.75, 3.05) is 6.54 Å². The Labute approximate surface area is 121 Å². The third kappa shape index (κ3) is 4.21. The van der Waals surface area contributed by atoms with Crippen molar-refractivity contribution in [3.8, 4) is 0 Å². The summed E-state index contributed by atoms with van der Waals surface area (Å²) >= 11 is 0. The Morgan fingerprint density at radius 1 is 1.35 bits per heavy atom. The van der Waals surface area contributed by atoms with Crippen LogP contribution in [0, 0.1) is 0 Å². The summed E-state index contributed by atoms with van der Waals surface area (Å²) in [5.41, 5.74) is 0. The van der Waals surface area contributed by atoms with E-state index in [0.717, 1.165) is 24.9 Å². The smallest absolute Gasteiger partial charge is 0.191 e. The van der Waals surface area contributed by atoms with Crippen LogP contribution < -0.4 is 10.6 Å². The molecule has 0 bridgehead atoms. The fourth-order valence-electron chi connectivity index (χ4n) is 2.58. The van der Waals surface area contributed by atoms with Crippen LogP contribution in [-0.4, -0.2) is 33.3 Å². The molecule has 0 spiro atoms. The third-order valence-corrected chi connectivity index (χ3v) is 3.71. The van der Waals surface area contributed by atoms with Gasteiger partial charge in [0, 0.05) is 19.1 Å². The second kappa shape index (κ2) is 7.87. The average molecular weight is 278 g/mol. The SMILES string of the molecule is CCNC(=NCc1nncn1CC)NC1CCCCC1. The van der Waals surface area contributed by atoms with Crippen molar-refractivity contribution in [1.82, 2.24) is 25.4 Å². The van der Waals surface area contributed by atoms with Gasteiger partial charge in [-0.15, -0.1) is 10.2 Å². The Balaban J connectivity index is 1.94. The van der Waals surface area contributed by atoms with Gasteiger partial charge >= 0.3 is 0 Å². The maximum Gasteiger partial charge on any atom is 0.191 e. The maximum atomic E-state index is 4.63. The van der Waals surface area contributed by atoms with Gasteiger partial charge in [-0.3, -0.25) is 0 Å². The molecule has 6 nitrogen and oxygen atoms in total. The molecule has 1 aromatic rings. The minimum Gasteiger partial charge on any atom is -0.357 e. The van der Waals surface area contributed by atoms with Gasteiger partial charge in [0.2, 0.25) is 0 Å². The molecule has 1 fully saturated rings. The van der Waals surface area contributed by atoms with Crippen molar-refractivity contribution in [3.05, 3.63) is 12.2 Å². The highest BCUT2D eigenvalue weighted by Crippen LogP contribution is 2.17. The Bertz CT molecular complexity index is 419. The largest absolute Gasteiger partial charge is 0.357 e. The summed E-state index contributed by atoms with van der Waals surface area (Å²) in [6.45, 7) is 6.49. The monoisotopic (exact) mass is 278 g/mol. The molecular formula is C14H26N6. The number of aliphatic imine (C=N–C) groups is 1. The fourth-order valence-corrected chi connectivity index (χ4v) is 2.58. The number of aryl methyl sites for hydroxylation is 1. The minimum absolute atomic E-state index is 0.561. The lowest BCUT2D eigenvalue weighted by Gasteiger charge is -2.24. The van der Waals surface area contributed by atoms with E-state index >= 15 is 0 Å². The van der Waals surface area contributed by atoms with Crippen LogP contribution in [0.25, 0.3) is 0 Å². The first-order valence-electron chi connectivity index (χ1n) is 7.75. The van der Waals surface area contributed by atoms with Crippen molar-refractivity contribution in [3.63, 3.8) is 0 Å². The zero-order valence-electron chi connectivity index (χ0n) is 12.6. The number of hydrogen-bond acceptors (Lipinski definition) is 3. The number of aromatic nitrogens is 3. The van der Waals surface area contributed by atoms with Crippen molar-refractivity contribution in [2.24, 2.45) is 4.99 Å². The summed E-state index contributed by atoms with van der Waals surface area (Å²) in [7, 11) is 0. The molecule has 2 N–H and O–H groups in total. The Hall–Kier alpha value is -1.59. The lowest BCUT2D eigenvalue weighted by Crippen LogP contribution is -2.44. The van der Waals surface area contributed by atoms with Gasteiger partial charge in [-0.2, -0.15) is 0 Å². The van der Waals surface area contributed by atoms with Crippen LogP contribution in [0.5, 0.6) is 0 Å². The summed E-state index contributed by atoms with van der Waals surface area (Å²) in [4.78, 5) is 4.63. The highest BCUT2D eigenvalue weighted by Gasteiger charge is 2.14. The second-order valence-electron chi connectivity index (χ2n) is 5.21. The third-order valence-electron chi connectivity index (χ3n) is 3.71. The van der Waals surface area contributed by atoms with Gasteiger partial charge in [0.1, 0.15) is 12.9 Å². The highest BCUT2D eigenvalue weighted by molar-refractivity contribution is 5.80. The number of nitrogens with zero attached hydrogens (tertiary/aromatic N) is 4. The molecule has 0 radical (unpaired) electrons. The molecular weight excluding hydrogens is 252 g/mol. The van der Waals surface area contributed by atoms with E-state index in [1.165, 1.54) is 32.1 Å². The maximum absolute atomic E-state index is 4.63. The van der Waals surface area contributed by atoms with Crippen LogP contribution in [0.4, 0.5) is 0 Å². The summed E-state index contributed by atoms with van der Waals surface area (Å²) < 4.78 is 2.02. The molecule has 0 saturated heterocycles. The molecule has 1 aliphatic rings. The Morgan fingerprint density at radius 3 is 2.85 bits per heavy atom. The van der Waals surface area contributed by atoms with E-state index in [1.54, 1.807) is 6.33 Å². The van der Waals surface area contributed by atoms with Crippen LogP contribution in [0.15, 0.2) is 11.3 Å². The van der Waals surface area contributed by atoms with Crippen LogP contribution in [-0.2, 0) is 13.1 Å². The summed E-state index contributed by atoms with van der Waals surface area (Å²) in [5.74, 6) is 1.80. The second-order valence-corrected chi connectivity index (χ2v) is 5.21. The van der Waals surface area contributed by atoms with Gasteiger partial charge in [0.15, 0.2) is 11.8 Å². The zero-order valence-corrected chi connectivity index (χ0v) is 12.6. The predicted octanol–water partition coefficient (Wildman–Crippen LogP) is 1.69. The molecule has 0 aliphatic heterocycles. The molecule has 20 heavy (non-hydrogen) atoms. The molecule has 1 aromatic heterocycles. The van der Waals surface area contributed by atoms with Gasteiger partial charge in [-0.1, -0.05) is 19.3 Å². The standard InChI is InChI=1S/C14H26N6/c1-3-15-14(18-12-8-6-5-7-9-12)16-10-13-19-17-11-20(13)4-2/h11-12H,3-10H2,1-2H3,(H2,15,16,18). The number of rotatable bonds is 5. The van der Waals surface area contributed by atoms with E-state index in [1.807, 2.05) is 4.57 Å². The van der Waals surface area contributed by atoms with Crippen molar-refractivity contribution in [2.45, 2.75) is 65.1 Å². The van der Waals surface area contributed by atoms with Gasteiger partial charge in [0.05, 0.1) is 0 Å². The quantitative estimate of drug-likeness (QED) is 0.635. The van der Waals surface area contributed by atoms with Crippen molar-refractivity contribution in [1.29, 1.82) is 0 Å². The molecule has 0 aromatic carbocycles. The molecule has 1 saturated carbocycles. The van der Waals surface area contributed by atoms with E-state index < -0.39 is 0 Å². The first-order valence-corrected chi connectivity index (χ1v) is 7.75. The van der Waals surface area contributed by atoms with E-state index in [9.17, 15) is 0 Å². The normalized spacial score (nSPS) is 17.2. The minimum atomic E-state index is 0.561. The van der Waals surface area contributed by atoms with Crippen LogP contribution in [0.2, 0.25) is 0 Å². The summed E-state index contributed by atoms with van der Waals surface area (Å²) in [5, 5.41) is 14.9. The van der Waals surface area contributed by atoms with Gasteiger partial charge in [0.25, 0.3) is 0 Å². The van der Waals surface area contributed by atoms with Gasteiger partial charge < -0.3 is 15.2 Å². The molecule has 0 unspecified atom stereocenters. The number of guanidine groups is 1. The van der Waals surface area contributed by atoms with Crippen LogP contribution >= 0.6 is 0 Å². The topological polar surface area (TPSA) is 67.1 Å². The predicted molar refractivity (Wildman–Crippen MR) is 80.5 cm³/mol. The van der Waals surface area contributed by atoms with Crippen molar-refractivity contribution >= 4 is 5.96 Å². The van der Waals surface area contributed by atoms with Crippen molar-refractivity contribution < 1.29 is 0 Å². The van der Waals surface area contributed by atoms with E-state index in [-0.39, 0.29) is 0 Å². The van der Waals surface area contributed by atoms with E-state index in [2.05, 4.69) is 39.7 Å². The molecule has 0 atom stereocenters. The molecule has 1 aliphatic carbocycles. The van der Waals surface area contributed by atoms with E-state index in [0.29, 0.717) is 12.6 Å². The Kier molecular flexibility index (Phi) is 5.83.